The van der Waals surface area contributed by atoms with E-state index < -0.39 is 14.8 Å². The first-order valence-electron chi connectivity index (χ1n) is 8.47. The number of Topliss-reactive ketones (excluding diaryl/α,β-unsaturated/α-hetero) is 1. The molecule has 9 heteroatoms. The lowest BCUT2D eigenvalue weighted by molar-refractivity contribution is -0.384. The summed E-state index contributed by atoms with van der Waals surface area (Å²) in [7, 11) is -3.02. The number of sulfone groups is 1. The summed E-state index contributed by atoms with van der Waals surface area (Å²) in [5.41, 5.74) is 2.02. The zero-order valence-electron chi connectivity index (χ0n) is 15.0. The molecular weight excluding hydrogens is 372 g/mol. The molecule has 1 atom stereocenters. The van der Waals surface area contributed by atoms with Gasteiger partial charge in [-0.05, 0) is 38.5 Å². The molecule has 0 saturated carbocycles. The summed E-state index contributed by atoms with van der Waals surface area (Å²) >= 11 is 0. The number of non-ortho nitro benzene ring substituents is 1. The van der Waals surface area contributed by atoms with Gasteiger partial charge >= 0.3 is 0 Å². The second kappa shape index (κ2) is 7.15. The van der Waals surface area contributed by atoms with Crippen molar-refractivity contribution in [1.29, 1.82) is 0 Å². The normalized spacial score (nSPS) is 18.4. The predicted molar refractivity (Wildman–Crippen MR) is 99.1 cm³/mol. The van der Waals surface area contributed by atoms with Crippen LogP contribution < -0.4 is 4.74 Å². The van der Waals surface area contributed by atoms with E-state index in [2.05, 4.69) is 0 Å². The van der Waals surface area contributed by atoms with Crippen molar-refractivity contribution in [2.45, 2.75) is 26.3 Å². The van der Waals surface area contributed by atoms with Crippen LogP contribution in [-0.2, 0) is 9.84 Å². The highest BCUT2D eigenvalue weighted by atomic mass is 32.2. The first kappa shape index (κ1) is 19.1. The zero-order valence-corrected chi connectivity index (χ0v) is 15.9. The molecule has 0 aliphatic carbocycles. The second-order valence-electron chi connectivity index (χ2n) is 6.67. The Morgan fingerprint density at radius 1 is 1.30 bits per heavy atom. The summed E-state index contributed by atoms with van der Waals surface area (Å²) in [4.78, 5) is 22.7. The van der Waals surface area contributed by atoms with Crippen molar-refractivity contribution in [3.05, 3.63) is 57.4 Å². The van der Waals surface area contributed by atoms with Crippen molar-refractivity contribution >= 4 is 21.3 Å². The molecule has 8 nitrogen and oxygen atoms in total. The number of ketones is 1. The number of aromatic nitrogens is 1. The summed E-state index contributed by atoms with van der Waals surface area (Å²) in [5, 5.41) is 10.7. The molecule has 1 saturated heterocycles. The molecule has 2 aromatic rings. The number of nitro benzene ring substituents is 1. The maximum Gasteiger partial charge on any atom is 0.269 e. The maximum absolute atomic E-state index is 12.6. The number of rotatable bonds is 6. The molecule has 0 spiro atoms. The molecule has 1 aromatic heterocycles. The number of hydrogen-bond donors (Lipinski definition) is 0. The number of carbonyl (C=O) groups is 1. The van der Waals surface area contributed by atoms with E-state index in [1.165, 1.54) is 24.3 Å². The minimum atomic E-state index is -3.02. The van der Waals surface area contributed by atoms with Gasteiger partial charge in [0.15, 0.2) is 16.4 Å². The summed E-state index contributed by atoms with van der Waals surface area (Å²) in [5.74, 6) is 0.399. The number of benzene rings is 1. The fourth-order valence-corrected chi connectivity index (χ4v) is 5.19. The van der Waals surface area contributed by atoms with Crippen LogP contribution in [0.4, 0.5) is 5.69 Å². The number of hydrogen-bond acceptors (Lipinski definition) is 6. The largest absolute Gasteiger partial charge is 0.485 e. The van der Waals surface area contributed by atoms with Crippen LogP contribution in [0.1, 0.15) is 34.2 Å². The first-order valence-corrected chi connectivity index (χ1v) is 10.3. The Labute approximate surface area is 156 Å². The molecule has 0 radical (unpaired) electrons. The molecule has 0 N–H and O–H groups in total. The molecule has 1 fully saturated rings. The van der Waals surface area contributed by atoms with Crippen LogP contribution in [0.15, 0.2) is 30.3 Å². The lowest BCUT2D eigenvalue weighted by Gasteiger charge is -2.16. The quantitative estimate of drug-likeness (QED) is 0.425. The molecular formula is C18H20N2O6S. The lowest BCUT2D eigenvalue weighted by atomic mass is 10.1. The van der Waals surface area contributed by atoms with Crippen LogP contribution >= 0.6 is 0 Å². The fourth-order valence-electron chi connectivity index (χ4n) is 3.49. The Morgan fingerprint density at radius 2 is 1.96 bits per heavy atom. The van der Waals surface area contributed by atoms with E-state index in [-0.39, 0.29) is 35.6 Å². The summed E-state index contributed by atoms with van der Waals surface area (Å²) in [6.45, 7) is 3.45. The number of carbonyl (C=O) groups excluding carboxylic acids is 1. The molecule has 2 heterocycles. The van der Waals surface area contributed by atoms with Crippen molar-refractivity contribution in [2.24, 2.45) is 0 Å². The molecule has 0 unspecified atom stereocenters. The van der Waals surface area contributed by atoms with Crippen LogP contribution in [0, 0.1) is 24.0 Å². The maximum atomic E-state index is 12.6. The van der Waals surface area contributed by atoms with Gasteiger partial charge in [0, 0.05) is 35.1 Å². The highest BCUT2D eigenvalue weighted by Crippen LogP contribution is 2.29. The van der Waals surface area contributed by atoms with E-state index >= 15 is 0 Å². The molecule has 27 heavy (non-hydrogen) atoms. The second-order valence-corrected chi connectivity index (χ2v) is 8.90. The molecule has 1 aliphatic heterocycles. The summed E-state index contributed by atoms with van der Waals surface area (Å²) in [6, 6.07) is 7.11. The van der Waals surface area contributed by atoms with Gasteiger partial charge in [0.05, 0.1) is 16.4 Å². The standard InChI is InChI=1S/C18H20N2O6S/c1-12-9-17(13(2)19(12)15-7-8-27(24,25)11-15)18(21)10-26-16-5-3-14(4-6-16)20(22)23/h3-6,9,15H,7-8,10-11H2,1-2H3/t15-/m0/s1. The Morgan fingerprint density at radius 3 is 2.52 bits per heavy atom. The van der Waals surface area contributed by atoms with Gasteiger partial charge in [0.25, 0.3) is 5.69 Å². The number of aryl methyl sites for hydroxylation is 1. The summed E-state index contributed by atoms with van der Waals surface area (Å²) < 4.78 is 30.9. The minimum absolute atomic E-state index is 0.0521. The Balaban J connectivity index is 1.72. The Kier molecular flexibility index (Phi) is 5.05. The Hall–Kier alpha value is -2.68. The highest BCUT2D eigenvalue weighted by molar-refractivity contribution is 7.91. The smallest absolute Gasteiger partial charge is 0.269 e. The van der Waals surface area contributed by atoms with Crippen LogP contribution in [0.3, 0.4) is 0 Å². The SMILES string of the molecule is Cc1cc(C(=O)COc2ccc([N+](=O)[O-])cc2)c(C)n1[C@H]1CCS(=O)(=O)C1. The van der Waals surface area contributed by atoms with Crippen LogP contribution in [0.25, 0.3) is 0 Å². The van der Waals surface area contributed by atoms with Crippen molar-refractivity contribution in [3.8, 4) is 5.75 Å². The van der Waals surface area contributed by atoms with Gasteiger partial charge in [-0.2, -0.15) is 0 Å². The van der Waals surface area contributed by atoms with Gasteiger partial charge < -0.3 is 9.30 Å². The molecule has 1 aromatic carbocycles. The van der Waals surface area contributed by atoms with E-state index in [9.17, 15) is 23.3 Å². The Bertz CT molecular complexity index is 992. The molecule has 3 rings (SSSR count). The third kappa shape index (κ3) is 4.02. The number of ether oxygens (including phenoxy) is 1. The highest BCUT2D eigenvalue weighted by Gasteiger charge is 2.31. The van der Waals surface area contributed by atoms with Gasteiger partial charge in [-0.25, -0.2) is 8.42 Å². The number of nitro groups is 1. The average Bonchev–Trinajstić information content (AvgIpc) is 3.11. The third-order valence-corrected chi connectivity index (χ3v) is 6.53. The monoisotopic (exact) mass is 392 g/mol. The number of nitrogens with zero attached hydrogens (tertiary/aromatic N) is 2. The predicted octanol–water partition coefficient (Wildman–Crippen LogP) is 2.63. The topological polar surface area (TPSA) is 109 Å². The molecule has 0 amide bonds. The van der Waals surface area contributed by atoms with Crippen molar-refractivity contribution in [3.63, 3.8) is 0 Å². The van der Waals surface area contributed by atoms with Crippen molar-refractivity contribution < 1.29 is 22.9 Å². The van der Waals surface area contributed by atoms with E-state index in [0.717, 1.165) is 11.4 Å². The van der Waals surface area contributed by atoms with E-state index in [4.69, 9.17) is 4.74 Å². The van der Waals surface area contributed by atoms with Gasteiger partial charge in [-0.3, -0.25) is 14.9 Å². The van der Waals surface area contributed by atoms with Crippen LogP contribution in [0.5, 0.6) is 5.75 Å². The van der Waals surface area contributed by atoms with E-state index in [1.54, 1.807) is 13.0 Å². The molecule has 144 valence electrons. The van der Waals surface area contributed by atoms with Crippen molar-refractivity contribution in [1.82, 2.24) is 4.57 Å². The average molecular weight is 392 g/mol. The molecule has 1 aliphatic rings. The van der Waals surface area contributed by atoms with Gasteiger partial charge in [0.1, 0.15) is 5.75 Å². The van der Waals surface area contributed by atoms with E-state index in [0.29, 0.717) is 17.7 Å². The van der Waals surface area contributed by atoms with Crippen LogP contribution in [-0.4, -0.2) is 41.8 Å². The van der Waals surface area contributed by atoms with Gasteiger partial charge in [0.2, 0.25) is 5.78 Å². The van der Waals surface area contributed by atoms with Gasteiger partial charge in [-0.15, -0.1) is 0 Å². The van der Waals surface area contributed by atoms with E-state index in [1.807, 2.05) is 11.5 Å². The van der Waals surface area contributed by atoms with Crippen LogP contribution in [0.2, 0.25) is 0 Å². The zero-order chi connectivity index (χ0) is 19.8. The van der Waals surface area contributed by atoms with Crippen molar-refractivity contribution in [2.75, 3.05) is 18.1 Å². The van der Waals surface area contributed by atoms with Gasteiger partial charge in [-0.1, -0.05) is 0 Å². The molecule has 0 bridgehead atoms. The fraction of sp³-hybridized carbons (Fsp3) is 0.389. The third-order valence-electron chi connectivity index (χ3n) is 4.78. The first-order chi connectivity index (χ1) is 12.7. The lowest BCUT2D eigenvalue weighted by Crippen LogP contribution is -2.16. The minimum Gasteiger partial charge on any atom is -0.485 e. The summed E-state index contributed by atoms with van der Waals surface area (Å²) in [6.07, 6.45) is 0.547.